The molecule has 0 bridgehead atoms. The maximum Gasteiger partial charge on any atom is 0.159 e. The van der Waals surface area contributed by atoms with E-state index in [-0.39, 0.29) is 6.10 Å². The summed E-state index contributed by atoms with van der Waals surface area (Å²) in [6.45, 7) is 4.55. The minimum absolute atomic E-state index is 0.216. The molecule has 84 valence electrons. The molecule has 1 aromatic rings. The third kappa shape index (κ3) is 2.49. The summed E-state index contributed by atoms with van der Waals surface area (Å²) in [6.07, 6.45) is 2.63. The van der Waals surface area contributed by atoms with Gasteiger partial charge in [0.2, 0.25) is 0 Å². The van der Waals surface area contributed by atoms with Crippen LogP contribution in [0.2, 0.25) is 0 Å². The fraction of sp³-hybridized carbons (Fsp3) is 0.800. The van der Waals surface area contributed by atoms with Crippen molar-refractivity contribution in [2.24, 2.45) is 0 Å². The minimum atomic E-state index is 0.216. The molecule has 2 rings (SSSR count). The Bertz CT molecular complexity index is 333. The van der Waals surface area contributed by atoms with E-state index in [4.69, 9.17) is 16.3 Å². The van der Waals surface area contributed by atoms with E-state index in [2.05, 4.69) is 14.8 Å². The lowest BCUT2D eigenvalue weighted by molar-refractivity contribution is 0.0591. The first-order valence-corrected chi connectivity index (χ1v) is 5.86. The Labute approximate surface area is 94.6 Å². The summed E-state index contributed by atoms with van der Waals surface area (Å²) in [5, 5.41) is 8.20. The molecular formula is C10H16ClN3O. The molecule has 0 N–H and O–H groups in total. The molecule has 0 spiro atoms. The van der Waals surface area contributed by atoms with Crippen LogP contribution in [0.5, 0.6) is 0 Å². The smallest absolute Gasteiger partial charge is 0.159 e. The second-order valence-corrected chi connectivity index (χ2v) is 4.39. The van der Waals surface area contributed by atoms with E-state index in [1.165, 1.54) is 12.8 Å². The molecule has 1 saturated carbocycles. The molecule has 0 unspecified atom stereocenters. The highest BCUT2D eigenvalue weighted by atomic mass is 35.5. The van der Waals surface area contributed by atoms with Gasteiger partial charge in [0.25, 0.3) is 0 Å². The predicted molar refractivity (Wildman–Crippen MR) is 57.8 cm³/mol. The summed E-state index contributed by atoms with van der Waals surface area (Å²) in [6, 6.07) is 0.555. The molecule has 1 aliphatic rings. The lowest BCUT2D eigenvalue weighted by Crippen LogP contribution is -2.09. The summed E-state index contributed by atoms with van der Waals surface area (Å²) in [4.78, 5) is 0. The molecule has 1 aromatic heterocycles. The van der Waals surface area contributed by atoms with Crippen molar-refractivity contribution in [2.75, 3.05) is 0 Å². The Balaban J connectivity index is 2.11. The number of rotatable bonds is 5. The van der Waals surface area contributed by atoms with Crippen molar-refractivity contribution in [1.82, 2.24) is 14.8 Å². The number of alkyl halides is 1. The summed E-state index contributed by atoms with van der Waals surface area (Å²) in [5.41, 5.74) is 0. The van der Waals surface area contributed by atoms with Gasteiger partial charge in [-0.3, -0.25) is 0 Å². The summed E-state index contributed by atoms with van der Waals surface area (Å²) >= 11 is 5.82. The highest BCUT2D eigenvalue weighted by molar-refractivity contribution is 6.16. The Morgan fingerprint density at radius 2 is 2.07 bits per heavy atom. The van der Waals surface area contributed by atoms with Gasteiger partial charge in [0.1, 0.15) is 12.4 Å². The zero-order valence-electron chi connectivity index (χ0n) is 9.11. The number of halogens is 1. The molecule has 0 aromatic carbocycles. The van der Waals surface area contributed by atoms with Gasteiger partial charge in [-0.15, -0.1) is 21.8 Å². The van der Waals surface area contributed by atoms with E-state index in [1.807, 2.05) is 13.8 Å². The standard InChI is InChI=1S/C10H16ClN3O/c1-7(2)15-6-10-13-12-9(5-11)14(10)8-3-4-8/h7-8H,3-6H2,1-2H3. The van der Waals surface area contributed by atoms with Crippen molar-refractivity contribution in [1.29, 1.82) is 0 Å². The fourth-order valence-corrected chi connectivity index (χ4v) is 1.73. The Morgan fingerprint density at radius 1 is 1.40 bits per heavy atom. The first-order valence-electron chi connectivity index (χ1n) is 5.32. The fourth-order valence-electron chi connectivity index (χ4n) is 1.55. The average molecular weight is 230 g/mol. The highest BCUT2D eigenvalue weighted by Crippen LogP contribution is 2.37. The lowest BCUT2D eigenvalue weighted by atomic mass is 10.4. The third-order valence-electron chi connectivity index (χ3n) is 2.41. The third-order valence-corrected chi connectivity index (χ3v) is 2.65. The first-order chi connectivity index (χ1) is 7.22. The molecule has 4 nitrogen and oxygen atoms in total. The zero-order chi connectivity index (χ0) is 10.8. The number of ether oxygens (including phenoxy) is 1. The van der Waals surface area contributed by atoms with E-state index < -0.39 is 0 Å². The molecule has 15 heavy (non-hydrogen) atoms. The van der Waals surface area contributed by atoms with Crippen molar-refractivity contribution >= 4 is 11.6 Å². The van der Waals surface area contributed by atoms with Gasteiger partial charge in [-0.2, -0.15) is 0 Å². The van der Waals surface area contributed by atoms with Gasteiger partial charge >= 0.3 is 0 Å². The molecule has 0 saturated heterocycles. The molecule has 1 fully saturated rings. The molecule has 1 aliphatic carbocycles. The maximum atomic E-state index is 5.82. The predicted octanol–water partition coefficient (Wildman–Crippen LogP) is 2.28. The van der Waals surface area contributed by atoms with E-state index in [0.717, 1.165) is 11.6 Å². The number of hydrogen-bond donors (Lipinski definition) is 0. The Kier molecular flexibility index (Phi) is 3.26. The average Bonchev–Trinajstić information content (AvgIpc) is 2.96. The van der Waals surface area contributed by atoms with Crippen molar-refractivity contribution < 1.29 is 4.74 Å². The lowest BCUT2D eigenvalue weighted by Gasteiger charge is -2.09. The minimum Gasteiger partial charge on any atom is -0.371 e. The molecule has 0 radical (unpaired) electrons. The molecule has 1 heterocycles. The number of hydrogen-bond acceptors (Lipinski definition) is 3. The van der Waals surface area contributed by atoms with Crippen molar-refractivity contribution in [3.63, 3.8) is 0 Å². The number of aromatic nitrogens is 3. The highest BCUT2D eigenvalue weighted by Gasteiger charge is 2.29. The molecule has 0 aliphatic heterocycles. The van der Waals surface area contributed by atoms with E-state index in [1.54, 1.807) is 0 Å². The van der Waals surface area contributed by atoms with Gasteiger partial charge in [-0.25, -0.2) is 0 Å². The van der Waals surface area contributed by atoms with E-state index in [9.17, 15) is 0 Å². The summed E-state index contributed by atoms with van der Waals surface area (Å²) in [7, 11) is 0. The molecule has 0 amide bonds. The van der Waals surface area contributed by atoms with Crippen LogP contribution in [0.1, 0.15) is 44.4 Å². The normalized spacial score (nSPS) is 16.3. The van der Waals surface area contributed by atoms with Crippen molar-refractivity contribution in [3.8, 4) is 0 Å². The number of nitrogens with zero attached hydrogens (tertiary/aromatic N) is 3. The Hall–Kier alpha value is -0.610. The quantitative estimate of drug-likeness (QED) is 0.728. The van der Waals surface area contributed by atoms with Crippen molar-refractivity contribution in [2.45, 2.75) is 51.3 Å². The SMILES string of the molecule is CC(C)OCc1nnc(CCl)n1C1CC1. The Morgan fingerprint density at radius 3 is 2.60 bits per heavy atom. The molecular weight excluding hydrogens is 214 g/mol. The first kappa shape index (κ1) is 10.9. The largest absolute Gasteiger partial charge is 0.371 e. The van der Waals surface area contributed by atoms with E-state index >= 15 is 0 Å². The van der Waals surface area contributed by atoms with Crippen LogP contribution in [0.4, 0.5) is 0 Å². The monoisotopic (exact) mass is 229 g/mol. The van der Waals surface area contributed by atoms with Gasteiger partial charge in [0, 0.05) is 6.04 Å². The maximum absolute atomic E-state index is 5.82. The van der Waals surface area contributed by atoms with E-state index in [0.29, 0.717) is 18.5 Å². The second-order valence-electron chi connectivity index (χ2n) is 4.13. The molecule has 0 atom stereocenters. The van der Waals surface area contributed by atoms with Crippen molar-refractivity contribution in [3.05, 3.63) is 11.6 Å². The van der Waals surface area contributed by atoms with Crippen LogP contribution in [-0.2, 0) is 17.2 Å². The van der Waals surface area contributed by atoms with Gasteiger partial charge in [-0.05, 0) is 26.7 Å². The van der Waals surface area contributed by atoms with Crippen LogP contribution < -0.4 is 0 Å². The van der Waals surface area contributed by atoms with Gasteiger partial charge in [-0.1, -0.05) is 0 Å². The van der Waals surface area contributed by atoms with Crippen LogP contribution in [0.3, 0.4) is 0 Å². The van der Waals surface area contributed by atoms with Crippen LogP contribution in [0.15, 0.2) is 0 Å². The summed E-state index contributed by atoms with van der Waals surface area (Å²) in [5.74, 6) is 2.19. The van der Waals surface area contributed by atoms with Crippen LogP contribution in [0.25, 0.3) is 0 Å². The summed E-state index contributed by atoms with van der Waals surface area (Å²) < 4.78 is 7.67. The van der Waals surface area contributed by atoms with Crippen LogP contribution in [-0.4, -0.2) is 20.9 Å². The topological polar surface area (TPSA) is 39.9 Å². The molecule has 5 heteroatoms. The van der Waals surface area contributed by atoms with Crippen LogP contribution >= 0.6 is 11.6 Å². The van der Waals surface area contributed by atoms with Crippen LogP contribution in [0, 0.1) is 0 Å². The second kappa shape index (κ2) is 4.49. The van der Waals surface area contributed by atoms with Gasteiger partial charge < -0.3 is 9.30 Å². The zero-order valence-corrected chi connectivity index (χ0v) is 9.87. The van der Waals surface area contributed by atoms with Gasteiger partial charge in [0.15, 0.2) is 5.82 Å². The van der Waals surface area contributed by atoms with Gasteiger partial charge in [0.05, 0.1) is 12.0 Å².